The molecular formula is C25H34N2O3. The van der Waals surface area contributed by atoms with Crippen molar-refractivity contribution < 1.29 is 14.3 Å². The summed E-state index contributed by atoms with van der Waals surface area (Å²) in [7, 11) is 0. The van der Waals surface area contributed by atoms with Gasteiger partial charge in [0.05, 0.1) is 0 Å². The zero-order valence-electron chi connectivity index (χ0n) is 19.0. The Morgan fingerprint density at radius 3 is 2.20 bits per heavy atom. The van der Waals surface area contributed by atoms with Crippen molar-refractivity contribution >= 4 is 11.8 Å². The maximum Gasteiger partial charge on any atom is 0.261 e. The summed E-state index contributed by atoms with van der Waals surface area (Å²) < 4.78 is 5.80. The predicted octanol–water partition coefficient (Wildman–Crippen LogP) is 4.18. The van der Waals surface area contributed by atoms with E-state index >= 15 is 0 Å². The van der Waals surface area contributed by atoms with Crippen LogP contribution in [0.1, 0.15) is 43.0 Å². The molecule has 5 nitrogen and oxygen atoms in total. The molecule has 0 spiro atoms. The molecule has 0 aliphatic carbocycles. The van der Waals surface area contributed by atoms with Crippen LogP contribution >= 0.6 is 0 Å². The summed E-state index contributed by atoms with van der Waals surface area (Å²) in [6.07, 6.45) is 0. The molecule has 1 unspecified atom stereocenters. The Morgan fingerprint density at radius 1 is 0.967 bits per heavy atom. The van der Waals surface area contributed by atoms with Gasteiger partial charge in [-0.2, -0.15) is 0 Å². The molecule has 2 amide bonds. The van der Waals surface area contributed by atoms with Gasteiger partial charge in [0.15, 0.2) is 6.61 Å². The van der Waals surface area contributed by atoms with Crippen LogP contribution in [0.25, 0.3) is 0 Å². The summed E-state index contributed by atoms with van der Waals surface area (Å²) >= 11 is 0. The number of hydrogen-bond acceptors (Lipinski definition) is 3. The number of benzene rings is 2. The molecule has 1 atom stereocenters. The highest BCUT2D eigenvalue weighted by Crippen LogP contribution is 2.19. The Bertz CT molecular complexity index is 859. The van der Waals surface area contributed by atoms with Gasteiger partial charge in [-0.3, -0.25) is 9.59 Å². The van der Waals surface area contributed by atoms with Gasteiger partial charge in [-0.1, -0.05) is 61.4 Å². The predicted molar refractivity (Wildman–Crippen MR) is 120 cm³/mol. The van der Waals surface area contributed by atoms with E-state index in [2.05, 4.69) is 5.32 Å². The summed E-state index contributed by atoms with van der Waals surface area (Å²) in [6, 6.07) is 13.2. The van der Waals surface area contributed by atoms with Crippen LogP contribution in [-0.2, 0) is 16.1 Å². The Labute approximate surface area is 180 Å². The van der Waals surface area contributed by atoms with Crippen LogP contribution in [0.2, 0.25) is 0 Å². The lowest BCUT2D eigenvalue weighted by molar-refractivity contribution is -0.142. The maximum atomic E-state index is 13.1. The summed E-state index contributed by atoms with van der Waals surface area (Å²) in [4.78, 5) is 27.3. The zero-order valence-corrected chi connectivity index (χ0v) is 19.0. The molecule has 0 aromatic heterocycles. The van der Waals surface area contributed by atoms with Crippen molar-refractivity contribution in [3.8, 4) is 5.75 Å². The van der Waals surface area contributed by atoms with E-state index in [1.807, 2.05) is 77.1 Å². The van der Waals surface area contributed by atoms with Crippen molar-refractivity contribution in [2.45, 2.75) is 54.1 Å². The number of nitrogens with zero attached hydrogens (tertiary/aromatic N) is 1. The topological polar surface area (TPSA) is 58.6 Å². The quantitative estimate of drug-likeness (QED) is 0.675. The first kappa shape index (κ1) is 23.5. The molecule has 0 fully saturated rings. The van der Waals surface area contributed by atoms with Gasteiger partial charge < -0.3 is 15.0 Å². The van der Waals surface area contributed by atoms with E-state index in [0.29, 0.717) is 24.8 Å². The van der Waals surface area contributed by atoms with Gasteiger partial charge in [0.25, 0.3) is 5.91 Å². The minimum Gasteiger partial charge on any atom is -0.483 e. The lowest BCUT2D eigenvalue weighted by atomic mass is 10.1. The van der Waals surface area contributed by atoms with E-state index in [1.54, 1.807) is 11.8 Å². The van der Waals surface area contributed by atoms with E-state index in [1.165, 1.54) is 0 Å². The fourth-order valence-corrected chi connectivity index (χ4v) is 3.11. The third kappa shape index (κ3) is 6.90. The lowest BCUT2D eigenvalue weighted by Crippen LogP contribution is -2.49. The average molecular weight is 411 g/mol. The molecule has 2 rings (SSSR count). The Morgan fingerprint density at radius 2 is 1.60 bits per heavy atom. The molecule has 2 aromatic rings. The normalized spacial score (nSPS) is 11.8. The monoisotopic (exact) mass is 410 g/mol. The SMILES string of the molecule is Cc1ccc(CN(C(=O)COc2ccc(C)cc2C)C(C)C(=O)NCC(C)C)cc1. The van der Waals surface area contributed by atoms with Gasteiger partial charge in [0.1, 0.15) is 11.8 Å². The molecule has 30 heavy (non-hydrogen) atoms. The van der Waals surface area contributed by atoms with Crippen LogP contribution in [0.4, 0.5) is 0 Å². The summed E-state index contributed by atoms with van der Waals surface area (Å²) in [5.41, 5.74) is 4.25. The fourth-order valence-electron chi connectivity index (χ4n) is 3.11. The first-order valence-electron chi connectivity index (χ1n) is 10.5. The molecule has 0 heterocycles. The molecule has 2 aromatic carbocycles. The molecule has 162 valence electrons. The van der Waals surface area contributed by atoms with E-state index in [-0.39, 0.29) is 18.4 Å². The van der Waals surface area contributed by atoms with Crippen LogP contribution in [-0.4, -0.2) is 35.9 Å². The number of amides is 2. The number of carbonyl (C=O) groups excluding carboxylic acids is 2. The Balaban J connectivity index is 2.14. The second-order valence-corrected chi connectivity index (χ2v) is 8.38. The Kier molecular flexibility index (Phi) is 8.46. The standard InChI is InChI=1S/C25H34N2O3/c1-17(2)14-26-25(29)21(6)27(15-22-10-7-18(3)8-11-22)24(28)16-30-23-12-9-19(4)13-20(23)5/h7-13,17,21H,14-16H2,1-6H3,(H,26,29). The van der Waals surface area contributed by atoms with Crippen molar-refractivity contribution in [3.05, 3.63) is 64.7 Å². The van der Waals surface area contributed by atoms with Crippen molar-refractivity contribution in [1.82, 2.24) is 10.2 Å². The third-order valence-electron chi connectivity index (χ3n) is 5.01. The molecule has 0 aliphatic heterocycles. The molecule has 0 saturated heterocycles. The van der Waals surface area contributed by atoms with Gasteiger partial charge in [0.2, 0.25) is 5.91 Å². The van der Waals surface area contributed by atoms with Crippen molar-refractivity contribution in [2.75, 3.05) is 13.2 Å². The van der Waals surface area contributed by atoms with Gasteiger partial charge in [-0.15, -0.1) is 0 Å². The highest BCUT2D eigenvalue weighted by Gasteiger charge is 2.26. The van der Waals surface area contributed by atoms with Crippen LogP contribution in [0, 0.1) is 26.7 Å². The van der Waals surface area contributed by atoms with E-state index in [9.17, 15) is 9.59 Å². The second-order valence-electron chi connectivity index (χ2n) is 8.38. The lowest BCUT2D eigenvalue weighted by Gasteiger charge is -2.29. The number of aryl methyl sites for hydroxylation is 3. The molecule has 1 N–H and O–H groups in total. The summed E-state index contributed by atoms with van der Waals surface area (Å²) in [5.74, 6) is 0.648. The first-order chi connectivity index (χ1) is 14.2. The Hall–Kier alpha value is -2.82. The summed E-state index contributed by atoms with van der Waals surface area (Å²) in [6.45, 7) is 12.7. The highest BCUT2D eigenvalue weighted by molar-refractivity contribution is 5.88. The van der Waals surface area contributed by atoms with E-state index in [4.69, 9.17) is 4.74 Å². The minimum absolute atomic E-state index is 0.114. The minimum atomic E-state index is -0.597. The van der Waals surface area contributed by atoms with Gasteiger partial charge in [0, 0.05) is 13.1 Å². The average Bonchev–Trinajstić information content (AvgIpc) is 2.70. The zero-order chi connectivity index (χ0) is 22.3. The van der Waals surface area contributed by atoms with Crippen molar-refractivity contribution in [2.24, 2.45) is 5.92 Å². The molecule has 0 aliphatic rings. The van der Waals surface area contributed by atoms with Gasteiger partial charge in [-0.05, 0) is 50.8 Å². The fraction of sp³-hybridized carbons (Fsp3) is 0.440. The smallest absolute Gasteiger partial charge is 0.261 e. The van der Waals surface area contributed by atoms with Gasteiger partial charge >= 0.3 is 0 Å². The largest absolute Gasteiger partial charge is 0.483 e. The van der Waals surface area contributed by atoms with Crippen molar-refractivity contribution in [3.63, 3.8) is 0 Å². The second kappa shape index (κ2) is 10.8. The van der Waals surface area contributed by atoms with Gasteiger partial charge in [-0.25, -0.2) is 0 Å². The van der Waals surface area contributed by atoms with Crippen molar-refractivity contribution in [1.29, 1.82) is 0 Å². The van der Waals surface area contributed by atoms with Crippen LogP contribution in [0.5, 0.6) is 5.75 Å². The van der Waals surface area contributed by atoms with Crippen LogP contribution in [0.3, 0.4) is 0 Å². The number of carbonyl (C=O) groups is 2. The molecule has 0 bridgehead atoms. The highest BCUT2D eigenvalue weighted by atomic mass is 16.5. The molecule has 5 heteroatoms. The van der Waals surface area contributed by atoms with Crippen LogP contribution < -0.4 is 10.1 Å². The maximum absolute atomic E-state index is 13.1. The number of rotatable bonds is 9. The molecule has 0 radical (unpaired) electrons. The molecular weight excluding hydrogens is 376 g/mol. The van der Waals surface area contributed by atoms with E-state index in [0.717, 1.165) is 22.3 Å². The third-order valence-corrected chi connectivity index (χ3v) is 5.01. The number of ether oxygens (including phenoxy) is 1. The van der Waals surface area contributed by atoms with E-state index < -0.39 is 6.04 Å². The number of hydrogen-bond donors (Lipinski definition) is 1. The number of nitrogens with one attached hydrogen (secondary N) is 1. The first-order valence-corrected chi connectivity index (χ1v) is 10.5. The molecule has 0 saturated carbocycles. The van der Waals surface area contributed by atoms with Crippen LogP contribution in [0.15, 0.2) is 42.5 Å². The summed E-state index contributed by atoms with van der Waals surface area (Å²) in [5, 5.41) is 2.93.